The van der Waals surface area contributed by atoms with Gasteiger partial charge in [0.15, 0.2) is 0 Å². The molecule has 1 saturated heterocycles. The van der Waals surface area contributed by atoms with Crippen LogP contribution in [0.2, 0.25) is 0 Å². The summed E-state index contributed by atoms with van der Waals surface area (Å²) in [6, 6.07) is 9.68. The zero-order chi connectivity index (χ0) is 16.2. The molecule has 2 aromatic rings. The SMILES string of the molecule is Cc1cc(Br)ccc1Nc1ccc(NC(=O)C2CCCO2)cn1. The minimum atomic E-state index is -0.335. The van der Waals surface area contributed by atoms with Crippen molar-refractivity contribution in [1.82, 2.24) is 4.98 Å². The first-order chi connectivity index (χ1) is 11.1. The number of carbonyl (C=O) groups is 1. The fourth-order valence-corrected chi connectivity index (χ4v) is 2.93. The molecule has 23 heavy (non-hydrogen) atoms. The van der Waals surface area contributed by atoms with Gasteiger partial charge in [-0.25, -0.2) is 4.98 Å². The number of carbonyl (C=O) groups excluding carboxylic acids is 1. The highest BCUT2D eigenvalue weighted by molar-refractivity contribution is 9.10. The highest BCUT2D eigenvalue weighted by atomic mass is 79.9. The molecular weight excluding hydrogens is 358 g/mol. The van der Waals surface area contributed by atoms with Crippen LogP contribution in [0, 0.1) is 6.92 Å². The summed E-state index contributed by atoms with van der Waals surface area (Å²) < 4.78 is 6.41. The fourth-order valence-electron chi connectivity index (χ4n) is 2.45. The molecule has 1 fully saturated rings. The average molecular weight is 376 g/mol. The van der Waals surface area contributed by atoms with Gasteiger partial charge in [-0.2, -0.15) is 0 Å². The number of benzene rings is 1. The Morgan fingerprint density at radius 1 is 1.35 bits per heavy atom. The molecule has 6 heteroatoms. The molecule has 1 atom stereocenters. The Hall–Kier alpha value is -1.92. The quantitative estimate of drug-likeness (QED) is 0.846. The van der Waals surface area contributed by atoms with E-state index in [9.17, 15) is 4.79 Å². The van der Waals surface area contributed by atoms with E-state index in [1.165, 1.54) is 0 Å². The molecule has 1 aliphatic heterocycles. The number of nitrogens with one attached hydrogen (secondary N) is 2. The third kappa shape index (κ3) is 4.09. The highest BCUT2D eigenvalue weighted by Crippen LogP contribution is 2.23. The Morgan fingerprint density at radius 3 is 2.87 bits per heavy atom. The Morgan fingerprint density at radius 2 is 2.22 bits per heavy atom. The lowest BCUT2D eigenvalue weighted by Gasteiger charge is -2.12. The van der Waals surface area contributed by atoms with Crippen LogP contribution in [0.3, 0.4) is 0 Å². The lowest BCUT2D eigenvalue weighted by Crippen LogP contribution is -2.26. The van der Waals surface area contributed by atoms with E-state index in [0.29, 0.717) is 12.3 Å². The van der Waals surface area contributed by atoms with Gasteiger partial charge in [0.1, 0.15) is 11.9 Å². The van der Waals surface area contributed by atoms with Gasteiger partial charge in [-0.15, -0.1) is 0 Å². The van der Waals surface area contributed by atoms with Crippen LogP contribution in [0.25, 0.3) is 0 Å². The van der Waals surface area contributed by atoms with Crippen LogP contribution >= 0.6 is 15.9 Å². The first kappa shape index (κ1) is 16.0. The van der Waals surface area contributed by atoms with E-state index in [0.717, 1.165) is 34.4 Å². The summed E-state index contributed by atoms with van der Waals surface area (Å²) in [5.41, 5.74) is 2.79. The van der Waals surface area contributed by atoms with Gasteiger partial charge in [0, 0.05) is 16.8 Å². The molecule has 0 aliphatic carbocycles. The van der Waals surface area contributed by atoms with Crippen molar-refractivity contribution in [1.29, 1.82) is 0 Å². The monoisotopic (exact) mass is 375 g/mol. The molecule has 3 rings (SSSR count). The van der Waals surface area contributed by atoms with Crippen molar-refractivity contribution in [3.63, 3.8) is 0 Å². The van der Waals surface area contributed by atoms with Crippen molar-refractivity contribution in [2.24, 2.45) is 0 Å². The van der Waals surface area contributed by atoms with Gasteiger partial charge in [-0.05, 0) is 55.7 Å². The Kier molecular flexibility index (Phi) is 4.93. The van der Waals surface area contributed by atoms with E-state index in [-0.39, 0.29) is 12.0 Å². The molecule has 1 aromatic heterocycles. The van der Waals surface area contributed by atoms with Crippen LogP contribution < -0.4 is 10.6 Å². The topological polar surface area (TPSA) is 63.2 Å². The zero-order valence-electron chi connectivity index (χ0n) is 12.8. The lowest BCUT2D eigenvalue weighted by molar-refractivity contribution is -0.124. The first-order valence-corrected chi connectivity index (χ1v) is 8.33. The summed E-state index contributed by atoms with van der Waals surface area (Å²) in [5, 5.41) is 6.10. The summed E-state index contributed by atoms with van der Waals surface area (Å²) in [6.45, 7) is 2.69. The van der Waals surface area contributed by atoms with Crippen LogP contribution in [0.1, 0.15) is 18.4 Å². The number of aryl methyl sites for hydroxylation is 1. The summed E-state index contributed by atoms with van der Waals surface area (Å²) >= 11 is 3.45. The molecule has 0 saturated carbocycles. The van der Waals surface area contributed by atoms with Gasteiger partial charge >= 0.3 is 0 Å². The fraction of sp³-hybridized carbons (Fsp3) is 0.294. The molecule has 1 aliphatic rings. The molecule has 0 bridgehead atoms. The maximum Gasteiger partial charge on any atom is 0.253 e. The van der Waals surface area contributed by atoms with E-state index in [2.05, 4.69) is 31.5 Å². The molecule has 120 valence electrons. The molecular formula is C17H18BrN3O2. The van der Waals surface area contributed by atoms with Crippen molar-refractivity contribution in [3.05, 3.63) is 46.6 Å². The molecule has 2 heterocycles. The van der Waals surface area contributed by atoms with Crippen LogP contribution in [-0.2, 0) is 9.53 Å². The molecule has 1 amide bonds. The molecule has 5 nitrogen and oxygen atoms in total. The van der Waals surface area contributed by atoms with Crippen LogP contribution in [-0.4, -0.2) is 23.6 Å². The second-order valence-corrected chi connectivity index (χ2v) is 6.42. The second-order valence-electron chi connectivity index (χ2n) is 5.51. The Labute approximate surface area is 143 Å². The number of nitrogens with zero attached hydrogens (tertiary/aromatic N) is 1. The van der Waals surface area contributed by atoms with E-state index in [1.54, 1.807) is 6.20 Å². The summed E-state index contributed by atoms with van der Waals surface area (Å²) in [5.74, 6) is 0.624. The Balaban J connectivity index is 1.63. The minimum absolute atomic E-state index is 0.103. The number of hydrogen-bond donors (Lipinski definition) is 2. The first-order valence-electron chi connectivity index (χ1n) is 7.53. The predicted molar refractivity (Wildman–Crippen MR) is 94.0 cm³/mol. The maximum atomic E-state index is 12.0. The van der Waals surface area contributed by atoms with Crippen molar-refractivity contribution in [2.45, 2.75) is 25.9 Å². The van der Waals surface area contributed by atoms with Gasteiger partial charge in [0.2, 0.25) is 0 Å². The average Bonchev–Trinajstić information content (AvgIpc) is 3.06. The smallest absolute Gasteiger partial charge is 0.253 e. The predicted octanol–water partition coefficient (Wildman–Crippen LogP) is 4.01. The van der Waals surface area contributed by atoms with E-state index in [1.807, 2.05) is 37.3 Å². The third-order valence-corrected chi connectivity index (χ3v) is 4.20. The molecule has 1 aromatic carbocycles. The number of anilines is 3. The second kappa shape index (κ2) is 7.10. The van der Waals surface area contributed by atoms with Crippen LogP contribution in [0.5, 0.6) is 0 Å². The van der Waals surface area contributed by atoms with Crippen molar-refractivity contribution < 1.29 is 9.53 Å². The molecule has 0 radical (unpaired) electrons. The van der Waals surface area contributed by atoms with Crippen molar-refractivity contribution in [3.8, 4) is 0 Å². The number of ether oxygens (including phenoxy) is 1. The largest absolute Gasteiger partial charge is 0.368 e. The van der Waals surface area contributed by atoms with E-state index >= 15 is 0 Å². The number of aromatic nitrogens is 1. The van der Waals surface area contributed by atoms with Crippen molar-refractivity contribution in [2.75, 3.05) is 17.2 Å². The molecule has 2 N–H and O–H groups in total. The summed E-state index contributed by atoms with van der Waals surface area (Å²) in [4.78, 5) is 16.3. The number of halogens is 1. The van der Waals surface area contributed by atoms with Gasteiger partial charge in [0.05, 0.1) is 11.9 Å². The zero-order valence-corrected chi connectivity index (χ0v) is 14.4. The molecule has 0 spiro atoms. The van der Waals surface area contributed by atoms with E-state index in [4.69, 9.17) is 4.74 Å². The highest BCUT2D eigenvalue weighted by Gasteiger charge is 2.23. The normalized spacial score (nSPS) is 17.0. The van der Waals surface area contributed by atoms with Crippen molar-refractivity contribution >= 4 is 39.0 Å². The van der Waals surface area contributed by atoms with Gasteiger partial charge < -0.3 is 15.4 Å². The third-order valence-electron chi connectivity index (χ3n) is 3.70. The van der Waals surface area contributed by atoms with Crippen LogP contribution in [0.15, 0.2) is 41.0 Å². The maximum absolute atomic E-state index is 12.0. The van der Waals surface area contributed by atoms with Gasteiger partial charge in [-0.1, -0.05) is 15.9 Å². The number of rotatable bonds is 4. The number of hydrogen-bond acceptors (Lipinski definition) is 4. The standard InChI is InChI=1S/C17H18BrN3O2/c1-11-9-12(18)4-6-14(11)21-16-7-5-13(10-19-16)20-17(22)15-3-2-8-23-15/h4-7,9-10,15H,2-3,8H2,1H3,(H,19,21)(H,20,22). The van der Waals surface area contributed by atoms with Gasteiger partial charge in [0.25, 0.3) is 5.91 Å². The summed E-state index contributed by atoms with van der Waals surface area (Å²) in [6.07, 6.45) is 3.02. The lowest BCUT2D eigenvalue weighted by atomic mass is 10.2. The van der Waals surface area contributed by atoms with E-state index < -0.39 is 0 Å². The summed E-state index contributed by atoms with van der Waals surface area (Å²) in [7, 11) is 0. The Bertz CT molecular complexity index is 697. The molecule has 1 unspecified atom stereocenters. The number of amides is 1. The van der Waals surface area contributed by atoms with Gasteiger partial charge in [-0.3, -0.25) is 4.79 Å². The number of pyridine rings is 1. The van der Waals surface area contributed by atoms with Crippen LogP contribution in [0.4, 0.5) is 17.2 Å². The minimum Gasteiger partial charge on any atom is -0.368 e.